The summed E-state index contributed by atoms with van der Waals surface area (Å²) in [7, 11) is 0. The largest absolute Gasteiger partial charge is 0.424 e. The lowest BCUT2D eigenvalue weighted by atomic mass is 10.3. The van der Waals surface area contributed by atoms with Crippen molar-refractivity contribution in [3.63, 3.8) is 0 Å². The fourth-order valence-electron chi connectivity index (χ4n) is 1.76. The Labute approximate surface area is 117 Å². The Morgan fingerprint density at radius 1 is 1.50 bits per heavy atom. The first-order valence-corrected chi connectivity index (χ1v) is 6.69. The van der Waals surface area contributed by atoms with Gasteiger partial charge in [-0.05, 0) is 13.0 Å². The van der Waals surface area contributed by atoms with Crippen LogP contribution in [0.4, 0.5) is 11.7 Å². The minimum absolute atomic E-state index is 0.00403. The zero-order valence-electron chi connectivity index (χ0n) is 10.5. The van der Waals surface area contributed by atoms with E-state index in [1.54, 1.807) is 22.9 Å². The molecule has 102 valence electrons. The normalized spacial score (nSPS) is 10.8. The Morgan fingerprint density at radius 3 is 3.05 bits per heavy atom. The third-order valence-electron chi connectivity index (χ3n) is 2.83. The summed E-state index contributed by atoms with van der Waals surface area (Å²) < 4.78 is 5.48. The summed E-state index contributed by atoms with van der Waals surface area (Å²) in [5.41, 5.74) is 3.72. The maximum atomic E-state index is 10.7. The number of hydrogen-bond acceptors (Lipinski definition) is 7. The average molecular weight is 290 g/mol. The molecule has 20 heavy (non-hydrogen) atoms. The summed E-state index contributed by atoms with van der Waals surface area (Å²) in [6.07, 6.45) is 0. The van der Waals surface area contributed by atoms with Gasteiger partial charge in [0.05, 0.1) is 22.7 Å². The van der Waals surface area contributed by atoms with Crippen molar-refractivity contribution in [2.45, 2.75) is 13.5 Å². The number of non-ortho nitro benzene ring substituents is 1. The summed E-state index contributed by atoms with van der Waals surface area (Å²) in [5, 5.41) is 13.7. The fourth-order valence-corrected chi connectivity index (χ4v) is 2.47. The molecule has 0 unspecified atom stereocenters. The third kappa shape index (κ3) is 2.32. The average Bonchev–Trinajstić information content (AvgIpc) is 3.00. The number of nitrogens with one attached hydrogen (secondary N) is 1. The zero-order chi connectivity index (χ0) is 14.1. The topological polar surface area (TPSA) is 94.1 Å². The number of benzene rings is 1. The lowest BCUT2D eigenvalue weighted by molar-refractivity contribution is -0.384. The van der Waals surface area contributed by atoms with E-state index in [1.807, 2.05) is 6.92 Å². The van der Waals surface area contributed by atoms with E-state index in [9.17, 15) is 10.1 Å². The second kappa shape index (κ2) is 4.89. The number of nitrogens with zero attached hydrogens (tertiary/aromatic N) is 3. The molecule has 0 atom stereocenters. The minimum atomic E-state index is -0.456. The molecule has 7 nitrogen and oxygen atoms in total. The highest BCUT2D eigenvalue weighted by Crippen LogP contribution is 2.24. The molecule has 0 saturated heterocycles. The molecule has 2 aromatic heterocycles. The summed E-state index contributed by atoms with van der Waals surface area (Å²) in [5.74, 6) is 0. The summed E-state index contributed by atoms with van der Waals surface area (Å²) in [6.45, 7) is 2.49. The van der Waals surface area contributed by atoms with E-state index < -0.39 is 4.92 Å². The predicted molar refractivity (Wildman–Crippen MR) is 74.8 cm³/mol. The van der Waals surface area contributed by atoms with Gasteiger partial charge in [-0.2, -0.15) is 4.98 Å². The molecule has 0 amide bonds. The van der Waals surface area contributed by atoms with E-state index in [-0.39, 0.29) is 5.69 Å². The van der Waals surface area contributed by atoms with Crippen LogP contribution in [0.1, 0.15) is 10.6 Å². The quantitative estimate of drug-likeness (QED) is 0.586. The van der Waals surface area contributed by atoms with E-state index in [0.29, 0.717) is 23.7 Å². The molecule has 0 spiro atoms. The van der Waals surface area contributed by atoms with Crippen LogP contribution in [0.5, 0.6) is 0 Å². The number of hydrogen-bond donors (Lipinski definition) is 1. The van der Waals surface area contributed by atoms with Gasteiger partial charge in [-0.15, -0.1) is 11.3 Å². The Hall–Kier alpha value is -2.48. The third-order valence-corrected chi connectivity index (χ3v) is 3.76. The van der Waals surface area contributed by atoms with Crippen LogP contribution in [-0.4, -0.2) is 14.9 Å². The minimum Gasteiger partial charge on any atom is -0.424 e. The van der Waals surface area contributed by atoms with Crippen LogP contribution >= 0.6 is 11.3 Å². The van der Waals surface area contributed by atoms with Crippen molar-refractivity contribution in [1.29, 1.82) is 0 Å². The highest BCUT2D eigenvalue weighted by atomic mass is 32.1. The Morgan fingerprint density at radius 2 is 2.35 bits per heavy atom. The van der Waals surface area contributed by atoms with Gasteiger partial charge in [-0.1, -0.05) is 0 Å². The molecule has 1 aromatic carbocycles. The fraction of sp³-hybridized carbons (Fsp3) is 0.167. The molecule has 2 heterocycles. The van der Waals surface area contributed by atoms with Gasteiger partial charge in [0, 0.05) is 17.0 Å². The molecule has 3 rings (SSSR count). The zero-order valence-corrected chi connectivity index (χ0v) is 11.3. The first-order valence-electron chi connectivity index (χ1n) is 5.81. The van der Waals surface area contributed by atoms with Gasteiger partial charge in [0.1, 0.15) is 5.52 Å². The molecule has 8 heteroatoms. The Balaban J connectivity index is 1.82. The van der Waals surface area contributed by atoms with Crippen molar-refractivity contribution in [3.8, 4) is 0 Å². The molecule has 0 bridgehead atoms. The maximum absolute atomic E-state index is 10.7. The van der Waals surface area contributed by atoms with Crippen LogP contribution in [0.2, 0.25) is 0 Å². The SMILES string of the molecule is Cc1ncsc1CNc1nc2cc([N+](=O)[O-])ccc2o1. The summed E-state index contributed by atoms with van der Waals surface area (Å²) in [4.78, 5) is 19.7. The monoisotopic (exact) mass is 290 g/mol. The van der Waals surface area contributed by atoms with Crippen molar-refractivity contribution in [2.24, 2.45) is 0 Å². The molecule has 0 fully saturated rings. The van der Waals surface area contributed by atoms with Crippen LogP contribution < -0.4 is 5.32 Å². The standard InChI is InChI=1S/C12H10N4O3S/c1-7-11(20-6-14-7)5-13-12-15-9-4-8(16(17)18)2-3-10(9)19-12/h2-4,6H,5H2,1H3,(H,13,15). The van der Waals surface area contributed by atoms with Crippen LogP contribution in [0.3, 0.4) is 0 Å². The summed E-state index contributed by atoms with van der Waals surface area (Å²) in [6, 6.07) is 4.67. The molecule has 0 saturated carbocycles. The molecule has 0 aliphatic carbocycles. The van der Waals surface area contributed by atoms with Gasteiger partial charge >= 0.3 is 0 Å². The summed E-state index contributed by atoms with van der Waals surface area (Å²) >= 11 is 1.55. The van der Waals surface area contributed by atoms with Crippen LogP contribution in [-0.2, 0) is 6.54 Å². The molecule has 0 aliphatic rings. The van der Waals surface area contributed by atoms with Gasteiger partial charge < -0.3 is 9.73 Å². The van der Waals surface area contributed by atoms with Crippen molar-refractivity contribution in [3.05, 3.63) is 44.4 Å². The number of thiazole rings is 1. The van der Waals surface area contributed by atoms with E-state index >= 15 is 0 Å². The van der Waals surface area contributed by atoms with E-state index in [0.717, 1.165) is 10.6 Å². The molecule has 0 radical (unpaired) electrons. The van der Waals surface area contributed by atoms with Gasteiger partial charge in [0.25, 0.3) is 11.7 Å². The van der Waals surface area contributed by atoms with Gasteiger partial charge in [0.2, 0.25) is 0 Å². The van der Waals surface area contributed by atoms with Gasteiger partial charge in [0.15, 0.2) is 5.58 Å². The van der Waals surface area contributed by atoms with E-state index in [4.69, 9.17) is 4.42 Å². The number of nitro benzene ring substituents is 1. The van der Waals surface area contributed by atoms with Crippen LogP contribution in [0, 0.1) is 17.0 Å². The number of aryl methyl sites for hydroxylation is 1. The second-order valence-electron chi connectivity index (χ2n) is 4.14. The molecular weight excluding hydrogens is 280 g/mol. The van der Waals surface area contributed by atoms with Crippen LogP contribution in [0.25, 0.3) is 11.1 Å². The van der Waals surface area contributed by atoms with Crippen LogP contribution in [0.15, 0.2) is 28.1 Å². The van der Waals surface area contributed by atoms with E-state index in [2.05, 4.69) is 15.3 Å². The predicted octanol–water partition coefficient (Wildman–Crippen LogP) is 3.11. The highest BCUT2D eigenvalue weighted by molar-refractivity contribution is 7.09. The van der Waals surface area contributed by atoms with Crippen molar-refractivity contribution in [2.75, 3.05) is 5.32 Å². The van der Waals surface area contributed by atoms with Crippen molar-refractivity contribution in [1.82, 2.24) is 9.97 Å². The second-order valence-corrected chi connectivity index (χ2v) is 5.08. The van der Waals surface area contributed by atoms with E-state index in [1.165, 1.54) is 12.1 Å². The number of anilines is 1. The molecule has 0 aliphatic heterocycles. The number of nitro groups is 1. The van der Waals surface area contributed by atoms with Gasteiger partial charge in [-0.3, -0.25) is 10.1 Å². The first-order chi connectivity index (χ1) is 9.63. The number of rotatable bonds is 4. The maximum Gasteiger partial charge on any atom is 0.295 e. The van der Waals surface area contributed by atoms with Crippen molar-refractivity contribution >= 4 is 34.1 Å². The highest BCUT2D eigenvalue weighted by Gasteiger charge is 2.11. The lowest BCUT2D eigenvalue weighted by Gasteiger charge is -1.98. The molecule has 3 aromatic rings. The molecular formula is C12H10N4O3S. The van der Waals surface area contributed by atoms with Crippen molar-refractivity contribution < 1.29 is 9.34 Å². The number of oxazole rings is 1. The Bertz CT molecular complexity index is 780. The smallest absolute Gasteiger partial charge is 0.295 e. The lowest BCUT2D eigenvalue weighted by Crippen LogP contribution is -1.98. The Kier molecular flexibility index (Phi) is 3.07. The van der Waals surface area contributed by atoms with Gasteiger partial charge in [-0.25, -0.2) is 4.98 Å². The molecule has 1 N–H and O–H groups in total. The number of fused-ring (bicyclic) bond motifs is 1. The number of aromatic nitrogens is 2. The first kappa shape index (κ1) is 12.5.